The van der Waals surface area contributed by atoms with Crippen LogP contribution in [0.4, 0.5) is 11.5 Å². The third-order valence-corrected chi connectivity index (χ3v) is 8.29. The van der Waals surface area contributed by atoms with Gasteiger partial charge in [-0.2, -0.15) is 0 Å². The van der Waals surface area contributed by atoms with Gasteiger partial charge in [0.2, 0.25) is 5.88 Å². The number of hydrogen-bond donors (Lipinski definition) is 1. The fraction of sp³-hybridized carbons (Fsp3) is 0.357. The molecule has 2 fully saturated rings. The molecule has 11 heteroatoms. The van der Waals surface area contributed by atoms with Crippen molar-refractivity contribution in [3.05, 3.63) is 48.4 Å². The molecule has 5 heterocycles. The van der Waals surface area contributed by atoms with E-state index in [1.54, 1.807) is 29.5 Å². The first-order valence-corrected chi connectivity index (χ1v) is 14.0. The van der Waals surface area contributed by atoms with Crippen LogP contribution < -0.4 is 14.8 Å². The van der Waals surface area contributed by atoms with Gasteiger partial charge >= 0.3 is 0 Å². The van der Waals surface area contributed by atoms with Crippen molar-refractivity contribution in [3.8, 4) is 22.8 Å². The van der Waals surface area contributed by atoms with Gasteiger partial charge in [0.15, 0.2) is 0 Å². The van der Waals surface area contributed by atoms with E-state index in [9.17, 15) is 0 Å². The van der Waals surface area contributed by atoms with Gasteiger partial charge in [-0.3, -0.25) is 9.58 Å². The highest BCUT2D eigenvalue weighted by molar-refractivity contribution is 7.16. The standard InChI is InChI=1S/C28H29N7O3S/c1-34-12-21(28(33-34)36-2)17-9-23-26(24(10-17)38-20-5-7-35(8-6-20)19-13-37-14-19)27(30-15-29-23)32-18-3-4-22-25(11-18)39-16-31-22/h3-4,9-12,15-16,19-20H,5-8,13-14H2,1-2H3,(H,29,30,32). The third kappa shape index (κ3) is 4.66. The molecule has 0 amide bonds. The van der Waals surface area contributed by atoms with Gasteiger partial charge in [0, 0.05) is 32.0 Å². The average Bonchev–Trinajstić information content (AvgIpc) is 3.54. The molecule has 39 heavy (non-hydrogen) atoms. The summed E-state index contributed by atoms with van der Waals surface area (Å²) in [4.78, 5) is 16.2. The van der Waals surface area contributed by atoms with Crippen LogP contribution in [0.3, 0.4) is 0 Å². The van der Waals surface area contributed by atoms with Gasteiger partial charge in [-0.15, -0.1) is 16.4 Å². The smallest absolute Gasteiger partial charge is 0.240 e. The predicted octanol–water partition coefficient (Wildman–Crippen LogP) is 4.63. The van der Waals surface area contributed by atoms with Crippen molar-refractivity contribution in [1.82, 2.24) is 29.6 Å². The summed E-state index contributed by atoms with van der Waals surface area (Å²) in [6, 6.07) is 10.8. The largest absolute Gasteiger partial charge is 0.489 e. The fourth-order valence-corrected chi connectivity index (χ4v) is 6.07. The monoisotopic (exact) mass is 543 g/mol. The Morgan fingerprint density at radius 1 is 1.05 bits per heavy atom. The summed E-state index contributed by atoms with van der Waals surface area (Å²) in [5, 5.41) is 8.82. The summed E-state index contributed by atoms with van der Waals surface area (Å²) in [5.74, 6) is 2.01. The average molecular weight is 544 g/mol. The van der Waals surface area contributed by atoms with E-state index in [0.29, 0.717) is 17.7 Å². The summed E-state index contributed by atoms with van der Waals surface area (Å²) < 4.78 is 20.6. The fourth-order valence-electron chi connectivity index (χ4n) is 5.36. The quantitative estimate of drug-likeness (QED) is 0.315. The Morgan fingerprint density at radius 2 is 1.92 bits per heavy atom. The van der Waals surface area contributed by atoms with Gasteiger partial charge in [0.05, 0.1) is 58.6 Å². The van der Waals surface area contributed by atoms with Crippen LogP contribution in [0.15, 0.2) is 48.4 Å². The highest BCUT2D eigenvalue weighted by Crippen LogP contribution is 2.40. The Kier molecular flexibility index (Phi) is 6.26. The zero-order valence-corrected chi connectivity index (χ0v) is 22.6. The minimum atomic E-state index is 0.0955. The Hall–Kier alpha value is -3.80. The number of hydrogen-bond acceptors (Lipinski definition) is 10. The molecule has 0 unspecified atom stereocenters. The van der Waals surface area contributed by atoms with E-state index >= 15 is 0 Å². The van der Waals surface area contributed by atoms with Gasteiger partial charge in [0.1, 0.15) is 24.0 Å². The maximum absolute atomic E-state index is 6.77. The topological polar surface area (TPSA) is 99.5 Å². The van der Waals surface area contributed by atoms with Crippen molar-refractivity contribution in [3.63, 3.8) is 0 Å². The lowest BCUT2D eigenvalue weighted by Gasteiger charge is -2.41. The second-order valence-electron chi connectivity index (χ2n) is 10.0. The number of aryl methyl sites for hydroxylation is 1. The molecule has 2 aliphatic heterocycles. The number of methoxy groups -OCH3 is 1. The van der Waals surface area contributed by atoms with E-state index in [-0.39, 0.29) is 6.10 Å². The number of ether oxygens (including phenoxy) is 3. The van der Waals surface area contributed by atoms with E-state index in [0.717, 1.165) is 82.8 Å². The molecule has 0 bridgehead atoms. The highest BCUT2D eigenvalue weighted by Gasteiger charge is 2.31. The Morgan fingerprint density at radius 3 is 2.72 bits per heavy atom. The number of aromatic nitrogens is 5. The Bertz CT molecular complexity index is 1640. The second-order valence-corrected chi connectivity index (χ2v) is 10.9. The Balaban J connectivity index is 1.27. The maximum atomic E-state index is 6.77. The second kappa shape index (κ2) is 10.1. The minimum absolute atomic E-state index is 0.0955. The molecule has 3 aromatic heterocycles. The summed E-state index contributed by atoms with van der Waals surface area (Å²) in [5.41, 5.74) is 6.38. The summed E-state index contributed by atoms with van der Waals surface area (Å²) >= 11 is 1.61. The van der Waals surface area contributed by atoms with Crippen LogP contribution in [0.25, 0.3) is 32.2 Å². The summed E-state index contributed by atoms with van der Waals surface area (Å²) in [6.45, 7) is 3.68. The first-order valence-electron chi connectivity index (χ1n) is 13.1. The lowest BCUT2D eigenvalue weighted by Crippen LogP contribution is -2.52. The van der Waals surface area contributed by atoms with Crippen LogP contribution in [-0.4, -0.2) is 75.2 Å². The van der Waals surface area contributed by atoms with Gasteiger partial charge in [-0.25, -0.2) is 15.0 Å². The normalized spacial score (nSPS) is 17.0. The van der Waals surface area contributed by atoms with Gasteiger partial charge in [-0.05, 0) is 48.7 Å². The molecule has 7 rings (SSSR count). The summed E-state index contributed by atoms with van der Waals surface area (Å²) in [7, 11) is 3.52. The van der Waals surface area contributed by atoms with Crippen LogP contribution in [0, 0.1) is 0 Å². The number of nitrogens with zero attached hydrogens (tertiary/aromatic N) is 6. The van der Waals surface area contributed by atoms with Crippen molar-refractivity contribution in [1.29, 1.82) is 0 Å². The first-order chi connectivity index (χ1) is 19.1. The van der Waals surface area contributed by atoms with E-state index in [2.05, 4.69) is 42.4 Å². The number of rotatable bonds is 7. The zero-order valence-electron chi connectivity index (χ0n) is 21.8. The SMILES string of the molecule is COc1nn(C)cc1-c1cc(OC2CCN(C3COC3)CC2)c2c(Nc3ccc4ncsc4c3)ncnc2c1. The van der Waals surface area contributed by atoms with Gasteiger partial charge in [-0.1, -0.05) is 0 Å². The van der Waals surface area contributed by atoms with Crippen molar-refractivity contribution in [2.24, 2.45) is 7.05 Å². The van der Waals surface area contributed by atoms with Gasteiger partial charge in [0.25, 0.3) is 0 Å². The lowest BCUT2D eigenvalue weighted by atomic mass is 10.0. The van der Waals surface area contributed by atoms with E-state index in [4.69, 9.17) is 14.2 Å². The molecule has 0 saturated carbocycles. The van der Waals surface area contributed by atoms with Crippen molar-refractivity contribution >= 4 is 44.0 Å². The maximum Gasteiger partial charge on any atom is 0.240 e. The molecule has 10 nitrogen and oxygen atoms in total. The highest BCUT2D eigenvalue weighted by atomic mass is 32.1. The molecule has 1 N–H and O–H groups in total. The molecule has 5 aromatic rings. The predicted molar refractivity (Wildman–Crippen MR) is 151 cm³/mol. The molecule has 2 aromatic carbocycles. The molecule has 2 aliphatic rings. The molecule has 0 aliphatic carbocycles. The van der Waals surface area contributed by atoms with E-state index in [1.165, 1.54) is 0 Å². The first kappa shape index (κ1) is 24.3. The minimum Gasteiger partial charge on any atom is -0.489 e. The van der Waals surface area contributed by atoms with Crippen molar-refractivity contribution in [2.45, 2.75) is 25.0 Å². The molecule has 0 radical (unpaired) electrons. The number of fused-ring (bicyclic) bond motifs is 2. The molecular weight excluding hydrogens is 514 g/mol. The van der Waals surface area contributed by atoms with Crippen molar-refractivity contribution in [2.75, 3.05) is 38.7 Å². The summed E-state index contributed by atoms with van der Waals surface area (Å²) in [6.07, 6.45) is 5.54. The lowest BCUT2D eigenvalue weighted by molar-refractivity contribution is -0.0777. The number of benzene rings is 2. The Labute approximate surface area is 229 Å². The molecule has 0 atom stereocenters. The zero-order chi connectivity index (χ0) is 26.3. The molecule has 0 spiro atoms. The number of anilines is 2. The van der Waals surface area contributed by atoms with Crippen LogP contribution >= 0.6 is 11.3 Å². The number of thiazole rings is 1. The van der Waals surface area contributed by atoms with Crippen LogP contribution in [-0.2, 0) is 11.8 Å². The van der Waals surface area contributed by atoms with Gasteiger partial charge < -0.3 is 19.5 Å². The molecular formula is C28H29N7O3S. The van der Waals surface area contributed by atoms with Crippen LogP contribution in [0.1, 0.15) is 12.8 Å². The van der Waals surface area contributed by atoms with Crippen LogP contribution in [0.2, 0.25) is 0 Å². The molecule has 200 valence electrons. The van der Waals surface area contributed by atoms with Crippen molar-refractivity contribution < 1.29 is 14.2 Å². The number of piperidine rings is 1. The van der Waals surface area contributed by atoms with E-state index < -0.39 is 0 Å². The van der Waals surface area contributed by atoms with Crippen LogP contribution in [0.5, 0.6) is 11.6 Å². The number of likely N-dealkylation sites (tertiary alicyclic amines) is 1. The number of nitrogens with one attached hydrogen (secondary N) is 1. The van der Waals surface area contributed by atoms with E-state index in [1.807, 2.05) is 37.0 Å². The molecule has 2 saturated heterocycles. The third-order valence-electron chi connectivity index (χ3n) is 7.50.